The van der Waals surface area contributed by atoms with E-state index in [4.69, 9.17) is 21.1 Å². The number of carboxylic acids is 1. The van der Waals surface area contributed by atoms with Crippen molar-refractivity contribution in [1.29, 1.82) is 0 Å². The fraction of sp³-hybridized carbons (Fsp3) is 0.333. The number of rotatable bonds is 6. The fourth-order valence-electron chi connectivity index (χ4n) is 2.59. The van der Waals surface area contributed by atoms with Crippen molar-refractivity contribution in [3.63, 3.8) is 0 Å². The average molecular weight is 368 g/mol. The molecule has 1 heterocycles. The Morgan fingerprint density at radius 2 is 2.04 bits per heavy atom. The van der Waals surface area contributed by atoms with E-state index in [0.29, 0.717) is 11.1 Å². The molecule has 0 fully saturated rings. The third-order valence-electron chi connectivity index (χ3n) is 3.94. The molecule has 0 radical (unpaired) electrons. The van der Waals surface area contributed by atoms with Crippen LogP contribution in [0.2, 0.25) is 5.02 Å². The molecular formula is C18H19ClFNO4. The van der Waals surface area contributed by atoms with Gasteiger partial charge in [-0.25, -0.2) is 4.39 Å². The molecule has 2 N–H and O–H groups in total. The predicted molar refractivity (Wildman–Crippen MR) is 91.6 cm³/mol. The Kier molecular flexibility index (Phi) is 5.52. The zero-order chi connectivity index (χ0) is 18.8. The van der Waals surface area contributed by atoms with Crippen LogP contribution in [0, 0.1) is 12.7 Å². The van der Waals surface area contributed by atoms with E-state index in [0.717, 1.165) is 0 Å². The Morgan fingerprint density at radius 1 is 1.36 bits per heavy atom. The van der Waals surface area contributed by atoms with E-state index < -0.39 is 23.1 Å². The first-order valence-electron chi connectivity index (χ1n) is 7.64. The molecule has 0 saturated heterocycles. The van der Waals surface area contributed by atoms with Crippen molar-refractivity contribution in [3.8, 4) is 0 Å². The molecule has 1 amide bonds. The number of hydrogen-bond donors (Lipinski definition) is 2. The highest BCUT2D eigenvalue weighted by Gasteiger charge is 2.26. The Morgan fingerprint density at radius 3 is 2.64 bits per heavy atom. The normalized spacial score (nSPS) is 11.4. The highest BCUT2D eigenvalue weighted by molar-refractivity contribution is 6.31. The van der Waals surface area contributed by atoms with Gasteiger partial charge in [0.25, 0.3) is 5.91 Å². The van der Waals surface area contributed by atoms with E-state index in [1.54, 1.807) is 13.0 Å². The Hall–Kier alpha value is -2.34. The number of aliphatic carboxylic acids is 1. The van der Waals surface area contributed by atoms with E-state index in [1.807, 2.05) is 13.8 Å². The monoisotopic (exact) mass is 367 g/mol. The minimum absolute atomic E-state index is 0.111. The molecule has 0 saturated carbocycles. The quantitative estimate of drug-likeness (QED) is 0.815. The molecule has 0 unspecified atom stereocenters. The molecule has 134 valence electrons. The molecule has 0 aliphatic heterocycles. The summed E-state index contributed by atoms with van der Waals surface area (Å²) in [5.74, 6) is -1.82. The third-order valence-corrected chi connectivity index (χ3v) is 4.25. The van der Waals surface area contributed by atoms with Crippen LogP contribution in [0.25, 0.3) is 0 Å². The van der Waals surface area contributed by atoms with Crippen molar-refractivity contribution in [3.05, 3.63) is 57.8 Å². The lowest BCUT2D eigenvalue weighted by Gasteiger charge is -2.26. The largest absolute Gasteiger partial charge is 0.481 e. The van der Waals surface area contributed by atoms with Crippen molar-refractivity contribution < 1.29 is 23.5 Å². The molecule has 0 aliphatic carbocycles. The van der Waals surface area contributed by atoms with Crippen molar-refractivity contribution in [2.75, 3.05) is 6.54 Å². The number of carbonyl (C=O) groups is 2. The molecule has 0 bridgehead atoms. The molecule has 25 heavy (non-hydrogen) atoms. The van der Waals surface area contributed by atoms with Gasteiger partial charge in [0.1, 0.15) is 18.0 Å². The molecule has 0 spiro atoms. The molecule has 5 nitrogen and oxygen atoms in total. The van der Waals surface area contributed by atoms with Crippen LogP contribution in [-0.4, -0.2) is 23.5 Å². The van der Waals surface area contributed by atoms with Crippen LogP contribution < -0.4 is 5.32 Å². The van der Waals surface area contributed by atoms with Gasteiger partial charge in [-0.15, -0.1) is 0 Å². The van der Waals surface area contributed by atoms with Crippen molar-refractivity contribution in [2.45, 2.75) is 32.6 Å². The predicted octanol–water partition coefficient (Wildman–Crippen LogP) is 3.72. The first-order valence-corrected chi connectivity index (χ1v) is 8.02. The molecule has 7 heteroatoms. The Balaban J connectivity index is 2.16. The smallest absolute Gasteiger partial charge is 0.311 e. The summed E-state index contributed by atoms with van der Waals surface area (Å²) in [7, 11) is 0. The molecule has 0 atom stereocenters. The van der Waals surface area contributed by atoms with E-state index in [1.165, 1.54) is 18.4 Å². The number of aryl methyl sites for hydroxylation is 1. The Labute approximate surface area is 149 Å². The lowest BCUT2D eigenvalue weighted by Crippen LogP contribution is -2.37. The van der Waals surface area contributed by atoms with Crippen molar-refractivity contribution in [1.82, 2.24) is 5.32 Å². The highest BCUT2D eigenvalue weighted by Crippen LogP contribution is 2.30. The first kappa shape index (κ1) is 19.0. The molecule has 1 aromatic carbocycles. The number of carboxylic acid groups (broad SMARTS) is 1. The summed E-state index contributed by atoms with van der Waals surface area (Å²) in [6.07, 6.45) is 0.985. The van der Waals surface area contributed by atoms with Gasteiger partial charge in [0.15, 0.2) is 0 Å². The van der Waals surface area contributed by atoms with E-state index >= 15 is 0 Å². The van der Waals surface area contributed by atoms with E-state index in [2.05, 4.69) is 5.32 Å². The van der Waals surface area contributed by atoms with Gasteiger partial charge < -0.3 is 14.8 Å². The van der Waals surface area contributed by atoms with Gasteiger partial charge in [-0.2, -0.15) is 0 Å². The number of halogens is 2. The highest BCUT2D eigenvalue weighted by atomic mass is 35.5. The SMILES string of the molecule is Cc1coc(CC(=O)O)c1C(=O)NCC(C)(C)c1ccc(F)cc1Cl. The molecule has 1 aromatic heterocycles. The number of carbonyl (C=O) groups excluding carboxylic acids is 1. The van der Waals surface area contributed by atoms with Gasteiger partial charge in [-0.1, -0.05) is 31.5 Å². The molecule has 2 rings (SSSR count). The second kappa shape index (κ2) is 7.27. The summed E-state index contributed by atoms with van der Waals surface area (Å²) < 4.78 is 18.4. The summed E-state index contributed by atoms with van der Waals surface area (Å²) in [4.78, 5) is 23.4. The summed E-state index contributed by atoms with van der Waals surface area (Å²) >= 11 is 6.10. The fourth-order valence-corrected chi connectivity index (χ4v) is 3.02. The first-order chi connectivity index (χ1) is 11.6. The average Bonchev–Trinajstić information content (AvgIpc) is 2.84. The summed E-state index contributed by atoms with van der Waals surface area (Å²) in [6.45, 7) is 5.64. The second-order valence-electron chi connectivity index (χ2n) is 6.48. The zero-order valence-corrected chi connectivity index (χ0v) is 14.9. The van der Waals surface area contributed by atoms with Crippen molar-refractivity contribution >= 4 is 23.5 Å². The topological polar surface area (TPSA) is 79.5 Å². The van der Waals surface area contributed by atoms with Gasteiger partial charge in [-0.3, -0.25) is 9.59 Å². The van der Waals surface area contributed by atoms with Gasteiger partial charge in [-0.05, 0) is 24.6 Å². The van der Waals surface area contributed by atoms with Crippen LogP contribution in [0.15, 0.2) is 28.9 Å². The molecular weight excluding hydrogens is 349 g/mol. The summed E-state index contributed by atoms with van der Waals surface area (Å²) in [5.41, 5.74) is 0.936. The number of benzene rings is 1. The van der Waals surface area contributed by atoms with Gasteiger partial charge >= 0.3 is 5.97 Å². The van der Waals surface area contributed by atoms with E-state index in [9.17, 15) is 14.0 Å². The van der Waals surface area contributed by atoms with E-state index in [-0.39, 0.29) is 29.3 Å². The summed E-state index contributed by atoms with van der Waals surface area (Å²) in [6, 6.07) is 4.13. The minimum atomic E-state index is -1.08. The summed E-state index contributed by atoms with van der Waals surface area (Å²) in [5, 5.41) is 12.0. The van der Waals surface area contributed by atoms with Gasteiger partial charge in [0.2, 0.25) is 0 Å². The van der Waals surface area contributed by atoms with Crippen molar-refractivity contribution in [2.24, 2.45) is 0 Å². The van der Waals surface area contributed by atoms with Crippen LogP contribution >= 0.6 is 11.6 Å². The number of hydrogen-bond acceptors (Lipinski definition) is 3. The lowest BCUT2D eigenvalue weighted by molar-refractivity contribution is -0.136. The minimum Gasteiger partial charge on any atom is -0.481 e. The lowest BCUT2D eigenvalue weighted by atomic mass is 9.84. The van der Waals surface area contributed by atoms with Crippen LogP contribution in [0.3, 0.4) is 0 Å². The van der Waals surface area contributed by atoms with Crippen LogP contribution in [-0.2, 0) is 16.6 Å². The van der Waals surface area contributed by atoms with Crippen LogP contribution in [0.5, 0.6) is 0 Å². The number of nitrogens with one attached hydrogen (secondary N) is 1. The maximum atomic E-state index is 13.2. The second-order valence-corrected chi connectivity index (χ2v) is 6.89. The maximum Gasteiger partial charge on any atom is 0.311 e. The standard InChI is InChI=1S/C18H19ClFNO4/c1-10-8-25-14(7-15(22)23)16(10)17(24)21-9-18(2,3)12-5-4-11(20)6-13(12)19/h4-6,8H,7,9H2,1-3H3,(H,21,24)(H,22,23). The third kappa shape index (κ3) is 4.39. The van der Waals surface area contributed by atoms with Gasteiger partial charge in [0.05, 0.1) is 11.8 Å². The van der Waals surface area contributed by atoms with Crippen LogP contribution in [0.4, 0.5) is 4.39 Å². The zero-order valence-electron chi connectivity index (χ0n) is 14.2. The molecule has 0 aliphatic rings. The van der Waals surface area contributed by atoms with Crippen LogP contribution in [0.1, 0.15) is 41.1 Å². The Bertz CT molecular complexity index is 813. The molecule has 2 aromatic rings. The number of amides is 1. The maximum absolute atomic E-state index is 13.2. The van der Waals surface area contributed by atoms with Gasteiger partial charge in [0, 0.05) is 22.5 Å². The number of furan rings is 1.